The molecule has 34 heavy (non-hydrogen) atoms. The van der Waals surface area contributed by atoms with Gasteiger partial charge >= 0.3 is 12.1 Å². The standard InChI is InChI=1S/C26H34F3NO4/c1-4-34-23(31)25(32,26(27,28)29)16-11-17-33-20-24(2,3)30(18-21-12-7-5-8-13-21)19-22-14-9-6-10-15-22/h5-10,12-15,32H,4,11,16-20H2,1-3H3. The van der Waals surface area contributed by atoms with Crippen molar-refractivity contribution in [2.45, 2.75) is 64.0 Å². The minimum Gasteiger partial charge on any atom is -0.464 e. The number of benzene rings is 2. The molecule has 0 aliphatic carbocycles. The number of nitrogens with zero attached hydrogens (tertiary/aromatic N) is 1. The van der Waals surface area contributed by atoms with Gasteiger partial charge in [0.25, 0.3) is 5.60 Å². The third kappa shape index (κ3) is 7.82. The van der Waals surface area contributed by atoms with Crippen LogP contribution >= 0.6 is 0 Å². The Kier molecular flexibility index (Phi) is 10.1. The molecule has 0 saturated heterocycles. The molecular formula is C26H34F3NO4. The van der Waals surface area contributed by atoms with E-state index in [2.05, 4.69) is 9.64 Å². The molecule has 0 heterocycles. The van der Waals surface area contributed by atoms with Crippen molar-refractivity contribution in [3.05, 3.63) is 71.8 Å². The molecule has 0 saturated carbocycles. The molecule has 1 N–H and O–H groups in total. The average Bonchev–Trinajstić information content (AvgIpc) is 2.79. The highest BCUT2D eigenvalue weighted by molar-refractivity contribution is 5.80. The van der Waals surface area contributed by atoms with Gasteiger partial charge < -0.3 is 14.6 Å². The van der Waals surface area contributed by atoms with Crippen LogP contribution in [0.4, 0.5) is 13.2 Å². The van der Waals surface area contributed by atoms with Gasteiger partial charge in [-0.2, -0.15) is 13.2 Å². The van der Waals surface area contributed by atoms with E-state index in [1.165, 1.54) is 6.92 Å². The SMILES string of the molecule is CCOC(=O)C(O)(CCCOCC(C)(C)N(Cc1ccccc1)Cc1ccccc1)C(F)(F)F. The van der Waals surface area contributed by atoms with Gasteiger partial charge in [0, 0.05) is 25.2 Å². The van der Waals surface area contributed by atoms with Crippen LogP contribution in [0.5, 0.6) is 0 Å². The topological polar surface area (TPSA) is 59.0 Å². The number of hydrogen-bond donors (Lipinski definition) is 1. The third-order valence-electron chi connectivity index (χ3n) is 5.65. The smallest absolute Gasteiger partial charge is 0.428 e. The Morgan fingerprint density at radius 1 is 0.941 bits per heavy atom. The minimum absolute atomic E-state index is 0.0360. The number of rotatable bonds is 13. The predicted octanol–water partition coefficient (Wildman–Crippen LogP) is 5.12. The Morgan fingerprint density at radius 3 is 1.88 bits per heavy atom. The lowest BCUT2D eigenvalue weighted by atomic mass is 9.97. The maximum Gasteiger partial charge on any atom is 0.428 e. The summed E-state index contributed by atoms with van der Waals surface area (Å²) >= 11 is 0. The number of carbonyl (C=O) groups excluding carboxylic acids is 1. The van der Waals surface area contributed by atoms with Gasteiger partial charge in [-0.1, -0.05) is 60.7 Å². The lowest BCUT2D eigenvalue weighted by molar-refractivity contribution is -0.265. The van der Waals surface area contributed by atoms with Gasteiger partial charge in [-0.25, -0.2) is 4.79 Å². The highest BCUT2D eigenvalue weighted by Crippen LogP contribution is 2.35. The molecule has 0 bridgehead atoms. The lowest BCUT2D eigenvalue weighted by Crippen LogP contribution is -2.53. The van der Waals surface area contributed by atoms with Gasteiger partial charge in [0.05, 0.1) is 13.2 Å². The van der Waals surface area contributed by atoms with E-state index in [0.717, 1.165) is 11.1 Å². The van der Waals surface area contributed by atoms with Crippen molar-refractivity contribution in [1.29, 1.82) is 0 Å². The summed E-state index contributed by atoms with van der Waals surface area (Å²) in [5.74, 6) is -1.68. The van der Waals surface area contributed by atoms with Crippen molar-refractivity contribution in [3.63, 3.8) is 0 Å². The molecule has 0 aromatic heterocycles. The van der Waals surface area contributed by atoms with Crippen LogP contribution in [0.15, 0.2) is 60.7 Å². The summed E-state index contributed by atoms with van der Waals surface area (Å²) in [6.07, 6.45) is -6.10. The van der Waals surface area contributed by atoms with Crippen LogP contribution in [0.1, 0.15) is 44.7 Å². The summed E-state index contributed by atoms with van der Waals surface area (Å²) in [6.45, 7) is 6.73. The summed E-state index contributed by atoms with van der Waals surface area (Å²) in [4.78, 5) is 14.0. The van der Waals surface area contributed by atoms with Crippen molar-refractivity contribution in [2.75, 3.05) is 19.8 Å². The molecule has 0 aliphatic rings. The van der Waals surface area contributed by atoms with Crippen LogP contribution < -0.4 is 0 Å². The number of halogens is 3. The number of carbonyl (C=O) groups is 1. The second-order valence-corrected chi connectivity index (χ2v) is 8.87. The van der Waals surface area contributed by atoms with Crippen molar-refractivity contribution >= 4 is 5.97 Å². The molecule has 1 unspecified atom stereocenters. The summed E-state index contributed by atoms with van der Waals surface area (Å²) < 4.78 is 50.1. The van der Waals surface area contributed by atoms with E-state index in [4.69, 9.17) is 4.74 Å². The zero-order valence-electron chi connectivity index (χ0n) is 20.0. The van der Waals surface area contributed by atoms with E-state index < -0.39 is 29.7 Å². The van der Waals surface area contributed by atoms with Crippen LogP contribution in [-0.4, -0.2) is 53.1 Å². The summed E-state index contributed by atoms with van der Waals surface area (Å²) in [6, 6.07) is 20.0. The molecule has 0 fully saturated rings. The average molecular weight is 482 g/mol. The van der Waals surface area contributed by atoms with E-state index in [1.807, 2.05) is 74.5 Å². The first-order chi connectivity index (χ1) is 16.0. The molecule has 0 aliphatic heterocycles. The second-order valence-electron chi connectivity index (χ2n) is 8.87. The first-order valence-corrected chi connectivity index (χ1v) is 11.4. The molecule has 8 heteroatoms. The minimum atomic E-state index is -5.12. The molecule has 0 spiro atoms. The van der Waals surface area contributed by atoms with Crippen molar-refractivity contribution in [2.24, 2.45) is 0 Å². The zero-order chi connectivity index (χ0) is 25.2. The van der Waals surface area contributed by atoms with E-state index in [0.29, 0.717) is 13.1 Å². The van der Waals surface area contributed by atoms with Crippen LogP contribution in [0, 0.1) is 0 Å². The van der Waals surface area contributed by atoms with Gasteiger partial charge in [-0.15, -0.1) is 0 Å². The maximum absolute atomic E-state index is 13.3. The Morgan fingerprint density at radius 2 is 1.44 bits per heavy atom. The van der Waals surface area contributed by atoms with Crippen molar-refractivity contribution < 1.29 is 32.5 Å². The molecular weight excluding hydrogens is 447 g/mol. The number of hydrogen-bond acceptors (Lipinski definition) is 5. The highest BCUT2D eigenvalue weighted by Gasteiger charge is 2.60. The Bertz CT molecular complexity index is 833. The van der Waals surface area contributed by atoms with Crippen molar-refractivity contribution in [3.8, 4) is 0 Å². The predicted molar refractivity (Wildman–Crippen MR) is 124 cm³/mol. The first-order valence-electron chi connectivity index (χ1n) is 11.4. The summed E-state index contributed by atoms with van der Waals surface area (Å²) in [5, 5.41) is 9.96. The Labute approximate surface area is 199 Å². The quantitative estimate of drug-likeness (QED) is 0.318. The van der Waals surface area contributed by atoms with Crippen LogP contribution in [-0.2, 0) is 27.4 Å². The summed E-state index contributed by atoms with van der Waals surface area (Å²) in [5.41, 5.74) is -1.70. The fourth-order valence-electron chi connectivity index (χ4n) is 3.54. The molecule has 2 aromatic rings. The van der Waals surface area contributed by atoms with Gasteiger partial charge in [-0.05, 0) is 44.7 Å². The fourth-order valence-corrected chi connectivity index (χ4v) is 3.54. The van der Waals surface area contributed by atoms with Crippen LogP contribution in [0.3, 0.4) is 0 Å². The van der Waals surface area contributed by atoms with E-state index in [9.17, 15) is 23.1 Å². The van der Waals surface area contributed by atoms with Gasteiger partial charge in [-0.3, -0.25) is 4.90 Å². The monoisotopic (exact) mass is 481 g/mol. The van der Waals surface area contributed by atoms with E-state index >= 15 is 0 Å². The number of alkyl halides is 3. The molecule has 5 nitrogen and oxygen atoms in total. The Balaban J connectivity index is 1.99. The molecule has 1 atom stereocenters. The van der Waals surface area contributed by atoms with E-state index in [-0.39, 0.29) is 26.2 Å². The van der Waals surface area contributed by atoms with Crippen LogP contribution in [0.2, 0.25) is 0 Å². The van der Waals surface area contributed by atoms with Gasteiger partial charge in [0.2, 0.25) is 0 Å². The fraction of sp³-hybridized carbons (Fsp3) is 0.500. The zero-order valence-corrected chi connectivity index (χ0v) is 20.0. The highest BCUT2D eigenvalue weighted by atomic mass is 19.4. The molecule has 2 aromatic carbocycles. The second kappa shape index (κ2) is 12.3. The first kappa shape index (κ1) is 27.8. The lowest BCUT2D eigenvalue weighted by Gasteiger charge is -2.39. The van der Waals surface area contributed by atoms with Crippen LogP contribution in [0.25, 0.3) is 0 Å². The van der Waals surface area contributed by atoms with Crippen molar-refractivity contribution in [1.82, 2.24) is 4.90 Å². The maximum atomic E-state index is 13.3. The molecule has 188 valence electrons. The Hall–Kier alpha value is -2.42. The normalized spacial score (nSPS) is 14.1. The van der Waals surface area contributed by atoms with Gasteiger partial charge in [0.15, 0.2) is 0 Å². The molecule has 0 radical (unpaired) electrons. The number of aliphatic hydroxyl groups is 1. The number of esters is 1. The summed E-state index contributed by atoms with van der Waals surface area (Å²) in [7, 11) is 0. The van der Waals surface area contributed by atoms with Gasteiger partial charge in [0.1, 0.15) is 0 Å². The number of ether oxygens (including phenoxy) is 2. The van der Waals surface area contributed by atoms with E-state index in [1.54, 1.807) is 0 Å². The molecule has 2 rings (SSSR count). The molecule has 0 amide bonds. The largest absolute Gasteiger partial charge is 0.464 e. The third-order valence-corrected chi connectivity index (χ3v) is 5.65.